The number of nitrogens with zero attached hydrogens (tertiary/aromatic N) is 1. The van der Waals surface area contributed by atoms with Crippen molar-refractivity contribution in [3.63, 3.8) is 0 Å². The number of benzene rings is 1. The van der Waals surface area contributed by atoms with Crippen molar-refractivity contribution in [1.82, 2.24) is 4.98 Å². The lowest BCUT2D eigenvalue weighted by Crippen LogP contribution is -2.13. The first-order chi connectivity index (χ1) is 10.6. The van der Waals surface area contributed by atoms with E-state index < -0.39 is 10.0 Å². The second-order valence-corrected chi connectivity index (χ2v) is 6.31. The van der Waals surface area contributed by atoms with Crippen molar-refractivity contribution in [2.45, 2.75) is 11.3 Å². The molecule has 6 nitrogen and oxygen atoms in total. The highest BCUT2D eigenvalue weighted by Gasteiger charge is 2.13. The minimum Gasteiger partial charge on any atom is -0.385 e. The molecule has 0 saturated heterocycles. The van der Waals surface area contributed by atoms with Crippen LogP contribution in [0.1, 0.15) is 6.42 Å². The van der Waals surface area contributed by atoms with Gasteiger partial charge in [0.15, 0.2) is 0 Å². The largest absolute Gasteiger partial charge is 0.385 e. The lowest BCUT2D eigenvalue weighted by atomic mass is 10.4. The predicted molar refractivity (Wildman–Crippen MR) is 86.5 cm³/mol. The number of hydrogen-bond donors (Lipinski definition) is 2. The Morgan fingerprint density at radius 1 is 1.14 bits per heavy atom. The van der Waals surface area contributed by atoms with E-state index in [4.69, 9.17) is 4.74 Å². The van der Waals surface area contributed by atoms with Crippen LogP contribution >= 0.6 is 0 Å². The smallest absolute Gasteiger partial charge is 0.261 e. The van der Waals surface area contributed by atoms with Crippen molar-refractivity contribution in [2.75, 3.05) is 30.3 Å². The molecule has 0 aliphatic rings. The first kappa shape index (κ1) is 16.3. The highest BCUT2D eigenvalue weighted by atomic mass is 32.2. The summed E-state index contributed by atoms with van der Waals surface area (Å²) in [6.45, 7) is 1.43. The zero-order valence-electron chi connectivity index (χ0n) is 12.3. The Bertz CT molecular complexity index is 673. The van der Waals surface area contributed by atoms with Crippen LogP contribution in [0.3, 0.4) is 0 Å². The molecule has 0 spiro atoms. The third-order valence-electron chi connectivity index (χ3n) is 2.90. The summed E-state index contributed by atoms with van der Waals surface area (Å²) in [4.78, 5) is 4.39. The van der Waals surface area contributed by atoms with Crippen LogP contribution in [0.4, 0.5) is 11.5 Å². The number of rotatable bonds is 8. The van der Waals surface area contributed by atoms with Crippen LogP contribution in [0, 0.1) is 0 Å². The quantitative estimate of drug-likeness (QED) is 0.729. The van der Waals surface area contributed by atoms with E-state index in [1.807, 2.05) is 0 Å². The van der Waals surface area contributed by atoms with Crippen molar-refractivity contribution in [3.05, 3.63) is 48.7 Å². The molecular formula is C15H19N3O3S. The molecule has 2 rings (SSSR count). The van der Waals surface area contributed by atoms with Gasteiger partial charge in [0.05, 0.1) is 16.8 Å². The molecule has 1 heterocycles. The second-order valence-electron chi connectivity index (χ2n) is 4.62. The summed E-state index contributed by atoms with van der Waals surface area (Å²) in [5.41, 5.74) is 0.422. The standard InChI is InChI=1S/C15H19N3O3S/c1-21-11-5-10-16-15-9-8-13(12-17-15)18-22(19,20)14-6-3-2-4-7-14/h2-4,6-9,12,18H,5,10-11H2,1H3,(H,16,17). The number of nitrogens with one attached hydrogen (secondary N) is 2. The number of aromatic nitrogens is 1. The van der Waals surface area contributed by atoms with E-state index in [2.05, 4.69) is 15.0 Å². The first-order valence-electron chi connectivity index (χ1n) is 6.88. The van der Waals surface area contributed by atoms with E-state index in [-0.39, 0.29) is 4.90 Å². The molecule has 0 unspecified atom stereocenters. The summed E-state index contributed by atoms with van der Waals surface area (Å²) < 4.78 is 31.8. The minimum atomic E-state index is -3.58. The van der Waals surface area contributed by atoms with Gasteiger partial charge < -0.3 is 10.1 Å². The Morgan fingerprint density at radius 3 is 2.55 bits per heavy atom. The van der Waals surface area contributed by atoms with E-state index in [0.29, 0.717) is 18.1 Å². The molecule has 118 valence electrons. The van der Waals surface area contributed by atoms with E-state index in [0.717, 1.165) is 13.0 Å². The zero-order valence-corrected chi connectivity index (χ0v) is 13.1. The predicted octanol–water partition coefficient (Wildman–Crippen LogP) is 2.33. The molecule has 7 heteroatoms. The molecule has 0 amide bonds. The Balaban J connectivity index is 1.96. The average molecular weight is 321 g/mol. The van der Waals surface area contributed by atoms with Gasteiger partial charge in [-0.3, -0.25) is 4.72 Å². The molecule has 0 fully saturated rings. The molecule has 1 aromatic carbocycles. The van der Waals surface area contributed by atoms with Gasteiger partial charge in [0, 0.05) is 20.3 Å². The summed E-state index contributed by atoms with van der Waals surface area (Å²) >= 11 is 0. The van der Waals surface area contributed by atoms with Gasteiger partial charge in [0.25, 0.3) is 10.0 Å². The number of ether oxygens (including phenoxy) is 1. The monoisotopic (exact) mass is 321 g/mol. The van der Waals surface area contributed by atoms with E-state index >= 15 is 0 Å². The summed E-state index contributed by atoms with van der Waals surface area (Å²) in [6, 6.07) is 11.6. The van der Waals surface area contributed by atoms with Gasteiger partial charge in [-0.15, -0.1) is 0 Å². The fourth-order valence-corrected chi connectivity index (χ4v) is 2.87. The average Bonchev–Trinajstić information content (AvgIpc) is 2.54. The second kappa shape index (κ2) is 7.77. The highest BCUT2D eigenvalue weighted by Crippen LogP contribution is 2.16. The van der Waals surface area contributed by atoms with Crippen molar-refractivity contribution < 1.29 is 13.2 Å². The maximum Gasteiger partial charge on any atom is 0.261 e. The van der Waals surface area contributed by atoms with E-state index in [1.165, 1.54) is 6.20 Å². The molecule has 0 atom stereocenters. The number of sulfonamides is 1. The number of pyridine rings is 1. The molecule has 2 aromatic rings. The molecule has 22 heavy (non-hydrogen) atoms. The van der Waals surface area contributed by atoms with Gasteiger partial charge in [-0.25, -0.2) is 13.4 Å². The van der Waals surface area contributed by atoms with Crippen LogP contribution in [-0.4, -0.2) is 33.7 Å². The molecule has 0 aliphatic carbocycles. The normalized spacial score (nSPS) is 11.1. The minimum absolute atomic E-state index is 0.219. The van der Waals surface area contributed by atoms with Gasteiger partial charge in [0.1, 0.15) is 5.82 Å². The molecule has 0 bridgehead atoms. The van der Waals surface area contributed by atoms with Crippen molar-refractivity contribution in [1.29, 1.82) is 0 Å². The van der Waals surface area contributed by atoms with Gasteiger partial charge >= 0.3 is 0 Å². The third kappa shape index (κ3) is 4.71. The zero-order chi connectivity index (χ0) is 15.8. The first-order valence-corrected chi connectivity index (χ1v) is 8.37. The van der Waals surface area contributed by atoms with Crippen molar-refractivity contribution in [2.24, 2.45) is 0 Å². The summed E-state index contributed by atoms with van der Waals surface area (Å²) in [6.07, 6.45) is 2.36. The van der Waals surface area contributed by atoms with Crippen LogP contribution in [0.2, 0.25) is 0 Å². The SMILES string of the molecule is COCCCNc1ccc(NS(=O)(=O)c2ccccc2)cn1. The maximum atomic E-state index is 12.2. The Hall–Kier alpha value is -2.12. The summed E-state index contributed by atoms with van der Waals surface area (Å²) in [7, 11) is -1.92. The molecule has 0 saturated carbocycles. The highest BCUT2D eigenvalue weighted by molar-refractivity contribution is 7.92. The molecule has 0 aliphatic heterocycles. The Labute approximate surface area is 130 Å². The number of anilines is 2. The van der Waals surface area contributed by atoms with Crippen LogP contribution < -0.4 is 10.0 Å². The van der Waals surface area contributed by atoms with Crippen molar-refractivity contribution in [3.8, 4) is 0 Å². The number of methoxy groups -OCH3 is 1. The van der Waals surface area contributed by atoms with Gasteiger partial charge in [-0.2, -0.15) is 0 Å². The molecule has 2 N–H and O–H groups in total. The Kier molecular flexibility index (Phi) is 5.74. The number of hydrogen-bond acceptors (Lipinski definition) is 5. The topological polar surface area (TPSA) is 80.3 Å². The lowest BCUT2D eigenvalue weighted by Gasteiger charge is -2.09. The van der Waals surface area contributed by atoms with Crippen LogP contribution in [-0.2, 0) is 14.8 Å². The lowest BCUT2D eigenvalue weighted by molar-refractivity contribution is 0.198. The van der Waals surface area contributed by atoms with E-state index in [1.54, 1.807) is 49.6 Å². The fraction of sp³-hybridized carbons (Fsp3) is 0.267. The maximum absolute atomic E-state index is 12.2. The van der Waals surface area contributed by atoms with Crippen LogP contribution in [0.25, 0.3) is 0 Å². The van der Waals surface area contributed by atoms with Crippen LogP contribution in [0.5, 0.6) is 0 Å². The van der Waals surface area contributed by atoms with Gasteiger partial charge in [-0.1, -0.05) is 18.2 Å². The summed E-state index contributed by atoms with van der Waals surface area (Å²) in [5.74, 6) is 0.693. The Morgan fingerprint density at radius 2 is 1.91 bits per heavy atom. The third-order valence-corrected chi connectivity index (χ3v) is 4.30. The van der Waals surface area contributed by atoms with Gasteiger partial charge in [-0.05, 0) is 30.7 Å². The molecule has 0 radical (unpaired) electrons. The molecule has 1 aromatic heterocycles. The van der Waals surface area contributed by atoms with E-state index in [9.17, 15) is 8.42 Å². The molecular weight excluding hydrogens is 302 g/mol. The summed E-state index contributed by atoms with van der Waals surface area (Å²) in [5, 5.41) is 3.13. The van der Waals surface area contributed by atoms with Crippen LogP contribution in [0.15, 0.2) is 53.6 Å². The van der Waals surface area contributed by atoms with Crippen molar-refractivity contribution >= 4 is 21.5 Å². The van der Waals surface area contributed by atoms with Gasteiger partial charge in [0.2, 0.25) is 0 Å². The fourth-order valence-electron chi connectivity index (χ4n) is 1.81.